The maximum atomic E-state index is 12.4. The van der Waals surface area contributed by atoms with Crippen LogP contribution in [0.25, 0.3) is 0 Å². The lowest BCUT2D eigenvalue weighted by Crippen LogP contribution is -2.03. The summed E-state index contributed by atoms with van der Waals surface area (Å²) >= 11 is 0. The lowest BCUT2D eigenvalue weighted by Gasteiger charge is -1.98. The highest BCUT2D eigenvalue weighted by Gasteiger charge is 2.05. The van der Waals surface area contributed by atoms with Gasteiger partial charge in [-0.05, 0) is 12.1 Å². The van der Waals surface area contributed by atoms with Gasteiger partial charge in [0.05, 0.1) is 0 Å². The Kier molecular flexibility index (Phi) is 2.23. The first-order chi connectivity index (χ1) is 5.59. The van der Waals surface area contributed by atoms with Crippen LogP contribution in [0.5, 0.6) is 5.75 Å². The smallest absolute Gasteiger partial charge is 0.449 e. The average molecular weight is 174 g/mol. The van der Waals surface area contributed by atoms with Crippen molar-refractivity contribution in [1.29, 1.82) is 0 Å². The van der Waals surface area contributed by atoms with E-state index in [1.165, 1.54) is 0 Å². The lowest BCUT2D eigenvalue weighted by molar-refractivity contribution is 0.144. The monoisotopic (exact) mass is 174 g/mol. The van der Waals surface area contributed by atoms with E-state index in [-0.39, 0.29) is 5.75 Å². The lowest BCUT2D eigenvalue weighted by atomic mass is 10.3. The molecule has 5 heteroatoms. The Morgan fingerprint density at radius 1 is 1.33 bits per heavy atom. The van der Waals surface area contributed by atoms with Crippen LogP contribution in [0.1, 0.15) is 0 Å². The van der Waals surface area contributed by atoms with Gasteiger partial charge in [0.15, 0.2) is 11.6 Å². The van der Waals surface area contributed by atoms with Gasteiger partial charge < -0.3 is 9.84 Å². The Morgan fingerprint density at radius 3 is 2.50 bits per heavy atom. The average Bonchev–Trinajstić information content (AvgIpc) is 1.96. The highest BCUT2D eigenvalue weighted by molar-refractivity contribution is 5.61. The summed E-state index contributed by atoms with van der Waals surface area (Å²) in [7, 11) is 0. The molecule has 1 aromatic rings. The van der Waals surface area contributed by atoms with Crippen molar-refractivity contribution in [2.24, 2.45) is 0 Å². The van der Waals surface area contributed by atoms with E-state index in [9.17, 15) is 13.6 Å². The van der Waals surface area contributed by atoms with Gasteiger partial charge >= 0.3 is 6.16 Å². The first kappa shape index (κ1) is 8.45. The number of halogens is 2. The molecule has 0 heterocycles. The van der Waals surface area contributed by atoms with Crippen molar-refractivity contribution in [2.75, 3.05) is 0 Å². The quantitative estimate of drug-likeness (QED) is 0.523. The van der Waals surface area contributed by atoms with E-state index in [0.717, 1.165) is 12.1 Å². The minimum atomic E-state index is -1.57. The Hall–Kier alpha value is -1.65. The molecule has 0 bridgehead atoms. The topological polar surface area (TPSA) is 46.5 Å². The van der Waals surface area contributed by atoms with Gasteiger partial charge in [-0.15, -0.1) is 0 Å². The minimum Gasteiger partial charge on any atom is -0.449 e. The van der Waals surface area contributed by atoms with Crippen LogP contribution in [0.3, 0.4) is 0 Å². The molecule has 0 aromatic heterocycles. The molecular weight excluding hydrogens is 170 g/mol. The van der Waals surface area contributed by atoms with Gasteiger partial charge in [0, 0.05) is 6.07 Å². The zero-order chi connectivity index (χ0) is 9.14. The Bertz CT molecular complexity index is 312. The molecule has 0 spiro atoms. The number of carbonyl (C=O) groups is 1. The van der Waals surface area contributed by atoms with Crippen LogP contribution in [0.2, 0.25) is 0 Å². The Balaban J connectivity index is 2.89. The van der Waals surface area contributed by atoms with Gasteiger partial charge in [0.25, 0.3) is 0 Å². The molecule has 0 saturated heterocycles. The molecule has 0 aliphatic carbocycles. The Morgan fingerprint density at radius 2 is 2.00 bits per heavy atom. The summed E-state index contributed by atoms with van der Waals surface area (Å²) in [4.78, 5) is 9.93. The van der Waals surface area contributed by atoms with Crippen molar-refractivity contribution < 1.29 is 23.4 Å². The molecule has 0 saturated carbocycles. The third-order valence-corrected chi connectivity index (χ3v) is 1.10. The third-order valence-electron chi connectivity index (χ3n) is 1.10. The maximum absolute atomic E-state index is 12.4. The van der Waals surface area contributed by atoms with Crippen LogP contribution in [-0.2, 0) is 0 Å². The summed E-state index contributed by atoms with van der Waals surface area (Å²) < 4.78 is 28.7. The van der Waals surface area contributed by atoms with Gasteiger partial charge in [-0.3, -0.25) is 0 Å². The fourth-order valence-corrected chi connectivity index (χ4v) is 0.641. The summed E-state index contributed by atoms with van der Waals surface area (Å²) in [5.41, 5.74) is 0. The summed E-state index contributed by atoms with van der Waals surface area (Å²) in [5, 5.41) is 8.09. The second-order valence-corrected chi connectivity index (χ2v) is 1.94. The predicted octanol–water partition coefficient (Wildman–Crippen LogP) is 2.02. The molecule has 0 aliphatic rings. The number of carboxylic acid groups (broad SMARTS) is 1. The van der Waals surface area contributed by atoms with Crippen molar-refractivity contribution in [3.05, 3.63) is 29.8 Å². The number of hydrogen-bond acceptors (Lipinski definition) is 2. The van der Waals surface area contributed by atoms with Crippen molar-refractivity contribution in [2.45, 2.75) is 0 Å². The zero-order valence-electron chi connectivity index (χ0n) is 5.75. The third kappa shape index (κ3) is 1.91. The van der Waals surface area contributed by atoms with Crippen LogP contribution in [-0.4, -0.2) is 11.3 Å². The van der Waals surface area contributed by atoms with E-state index in [2.05, 4.69) is 4.74 Å². The molecule has 1 N–H and O–H groups in total. The van der Waals surface area contributed by atoms with E-state index in [1.54, 1.807) is 0 Å². The highest BCUT2D eigenvalue weighted by atomic mass is 19.2. The largest absolute Gasteiger partial charge is 0.511 e. The fraction of sp³-hybridized carbons (Fsp3) is 0. The standard InChI is InChI=1S/C7H4F2O3/c8-5-2-1-4(3-6(5)9)12-7(10)11/h1-3H,(H,10,11). The van der Waals surface area contributed by atoms with E-state index in [0.29, 0.717) is 6.07 Å². The van der Waals surface area contributed by atoms with Crippen LogP contribution in [0.15, 0.2) is 18.2 Å². The Labute approximate surface area is 66.2 Å². The van der Waals surface area contributed by atoms with E-state index in [1.807, 2.05) is 0 Å². The summed E-state index contributed by atoms with van der Waals surface area (Å²) in [6, 6.07) is 2.46. The van der Waals surface area contributed by atoms with Crippen molar-refractivity contribution in [1.82, 2.24) is 0 Å². The van der Waals surface area contributed by atoms with Crippen molar-refractivity contribution in [3.63, 3.8) is 0 Å². The van der Waals surface area contributed by atoms with E-state index in [4.69, 9.17) is 5.11 Å². The van der Waals surface area contributed by atoms with Crippen molar-refractivity contribution in [3.8, 4) is 5.75 Å². The fourth-order valence-electron chi connectivity index (χ4n) is 0.641. The van der Waals surface area contributed by atoms with Crippen LogP contribution < -0.4 is 4.74 Å². The zero-order valence-corrected chi connectivity index (χ0v) is 5.75. The molecule has 0 radical (unpaired) electrons. The number of benzene rings is 1. The van der Waals surface area contributed by atoms with E-state index >= 15 is 0 Å². The van der Waals surface area contributed by atoms with Crippen LogP contribution in [0, 0.1) is 11.6 Å². The van der Waals surface area contributed by atoms with Gasteiger partial charge in [-0.25, -0.2) is 13.6 Å². The second-order valence-electron chi connectivity index (χ2n) is 1.94. The van der Waals surface area contributed by atoms with E-state index < -0.39 is 17.8 Å². The molecule has 0 fully saturated rings. The molecule has 12 heavy (non-hydrogen) atoms. The SMILES string of the molecule is O=C(O)Oc1ccc(F)c(F)c1. The summed E-state index contributed by atoms with van der Waals surface area (Å²) in [6.45, 7) is 0. The van der Waals surface area contributed by atoms with Crippen molar-refractivity contribution >= 4 is 6.16 Å². The molecular formula is C7H4F2O3. The molecule has 64 valence electrons. The normalized spacial score (nSPS) is 9.50. The van der Waals surface area contributed by atoms with Gasteiger partial charge in [-0.1, -0.05) is 0 Å². The predicted molar refractivity (Wildman–Crippen MR) is 35.0 cm³/mol. The summed E-state index contributed by atoms with van der Waals surface area (Å²) in [6.07, 6.45) is -1.57. The molecule has 0 aliphatic heterocycles. The molecule has 0 amide bonds. The second kappa shape index (κ2) is 3.17. The molecule has 0 unspecified atom stereocenters. The number of ether oxygens (including phenoxy) is 1. The summed E-state index contributed by atoms with van der Waals surface area (Å²) in [5.74, 6) is -2.44. The van der Waals surface area contributed by atoms with Crippen LogP contribution >= 0.6 is 0 Å². The molecule has 1 rings (SSSR count). The van der Waals surface area contributed by atoms with Gasteiger partial charge in [0.2, 0.25) is 0 Å². The van der Waals surface area contributed by atoms with Gasteiger partial charge in [-0.2, -0.15) is 0 Å². The first-order valence-electron chi connectivity index (χ1n) is 2.95. The molecule has 3 nitrogen and oxygen atoms in total. The van der Waals surface area contributed by atoms with Crippen LogP contribution in [0.4, 0.5) is 13.6 Å². The first-order valence-corrected chi connectivity index (χ1v) is 2.95. The molecule has 0 atom stereocenters. The maximum Gasteiger partial charge on any atom is 0.511 e. The number of rotatable bonds is 1. The molecule has 1 aromatic carbocycles. The highest BCUT2D eigenvalue weighted by Crippen LogP contribution is 2.15. The van der Waals surface area contributed by atoms with Gasteiger partial charge in [0.1, 0.15) is 5.75 Å². The minimum absolute atomic E-state index is 0.249. The number of hydrogen-bond donors (Lipinski definition) is 1.